The smallest absolute Gasteiger partial charge is 0.233 e. The number of methoxy groups -OCH3 is 1. The Morgan fingerprint density at radius 3 is 2.78 bits per heavy atom. The summed E-state index contributed by atoms with van der Waals surface area (Å²) in [6.07, 6.45) is 6.40. The van der Waals surface area contributed by atoms with Gasteiger partial charge in [0.15, 0.2) is 0 Å². The van der Waals surface area contributed by atoms with Crippen molar-refractivity contribution in [3.63, 3.8) is 0 Å². The van der Waals surface area contributed by atoms with Gasteiger partial charge in [-0.2, -0.15) is 10.1 Å². The minimum atomic E-state index is 0.437. The van der Waals surface area contributed by atoms with Gasteiger partial charge in [-0.1, -0.05) is 6.07 Å². The molecular weight excluding hydrogens is 342 g/mol. The highest BCUT2D eigenvalue weighted by Gasteiger charge is 2.40. The molecule has 7 nitrogen and oxygen atoms in total. The third-order valence-corrected chi connectivity index (χ3v) is 4.70. The third kappa shape index (κ3) is 3.86. The van der Waals surface area contributed by atoms with Gasteiger partial charge in [-0.05, 0) is 31.9 Å². The summed E-state index contributed by atoms with van der Waals surface area (Å²) in [5.74, 6) is 2.56. The van der Waals surface area contributed by atoms with Crippen molar-refractivity contribution < 1.29 is 9.47 Å². The SMILES string of the molecule is COc1cc(-c2cnc(C)nc2OC[C@H]2C[C@@H]2c2ccc(C)cn2)cnn1. The molecule has 7 heteroatoms. The van der Waals surface area contributed by atoms with E-state index in [-0.39, 0.29) is 0 Å². The molecule has 0 N–H and O–H groups in total. The van der Waals surface area contributed by atoms with E-state index >= 15 is 0 Å². The lowest BCUT2D eigenvalue weighted by molar-refractivity contribution is 0.285. The van der Waals surface area contributed by atoms with Gasteiger partial charge in [0.1, 0.15) is 5.82 Å². The van der Waals surface area contributed by atoms with Gasteiger partial charge in [0, 0.05) is 41.6 Å². The zero-order chi connectivity index (χ0) is 18.8. The molecule has 0 aliphatic heterocycles. The van der Waals surface area contributed by atoms with E-state index < -0.39 is 0 Å². The number of nitrogens with zero attached hydrogens (tertiary/aromatic N) is 5. The van der Waals surface area contributed by atoms with Crippen LogP contribution in [0.15, 0.2) is 36.8 Å². The van der Waals surface area contributed by atoms with E-state index in [4.69, 9.17) is 9.47 Å². The quantitative estimate of drug-likeness (QED) is 0.665. The highest BCUT2D eigenvalue weighted by atomic mass is 16.5. The Kier molecular flexibility index (Phi) is 4.66. The van der Waals surface area contributed by atoms with Crippen molar-refractivity contribution in [3.05, 3.63) is 53.9 Å². The lowest BCUT2D eigenvalue weighted by Crippen LogP contribution is -2.06. The van der Waals surface area contributed by atoms with Crippen molar-refractivity contribution >= 4 is 0 Å². The van der Waals surface area contributed by atoms with E-state index in [1.807, 2.05) is 20.0 Å². The molecule has 1 aliphatic rings. The molecule has 3 heterocycles. The molecule has 0 bridgehead atoms. The van der Waals surface area contributed by atoms with Gasteiger partial charge < -0.3 is 9.47 Å². The van der Waals surface area contributed by atoms with Crippen molar-refractivity contribution in [2.75, 3.05) is 13.7 Å². The van der Waals surface area contributed by atoms with Crippen LogP contribution in [0.1, 0.15) is 29.4 Å². The molecule has 3 aromatic rings. The average molecular weight is 363 g/mol. The molecule has 0 amide bonds. The number of hydrogen-bond acceptors (Lipinski definition) is 7. The second-order valence-corrected chi connectivity index (χ2v) is 6.80. The Labute approximate surface area is 157 Å². The second kappa shape index (κ2) is 7.26. The van der Waals surface area contributed by atoms with E-state index in [2.05, 4.69) is 37.3 Å². The fourth-order valence-electron chi connectivity index (χ4n) is 3.03. The van der Waals surface area contributed by atoms with E-state index in [1.54, 1.807) is 25.6 Å². The van der Waals surface area contributed by atoms with Crippen LogP contribution in [0.25, 0.3) is 11.1 Å². The zero-order valence-corrected chi connectivity index (χ0v) is 15.6. The van der Waals surface area contributed by atoms with Crippen molar-refractivity contribution in [3.8, 4) is 22.9 Å². The average Bonchev–Trinajstić information content (AvgIpc) is 3.47. The van der Waals surface area contributed by atoms with E-state index in [9.17, 15) is 0 Å². The number of pyridine rings is 1. The molecule has 1 saturated carbocycles. The molecule has 0 unspecified atom stereocenters. The molecule has 0 spiro atoms. The minimum absolute atomic E-state index is 0.437. The van der Waals surface area contributed by atoms with Gasteiger partial charge in [0.25, 0.3) is 0 Å². The standard InChI is InChI=1S/C20H21N5O2/c1-12-4-5-18(22-8-12)16-6-15(16)11-27-20-17(10-21-13(2)24-20)14-7-19(26-3)25-23-9-14/h4-5,7-10,15-16H,6,11H2,1-3H3/t15-,16+/m1/s1. The van der Waals surface area contributed by atoms with Crippen LogP contribution in [0.4, 0.5) is 0 Å². The highest BCUT2D eigenvalue weighted by molar-refractivity contribution is 5.67. The molecule has 0 radical (unpaired) electrons. The summed E-state index contributed by atoms with van der Waals surface area (Å²) >= 11 is 0. The molecule has 0 aromatic carbocycles. The van der Waals surface area contributed by atoms with Crippen LogP contribution in [-0.2, 0) is 0 Å². The zero-order valence-electron chi connectivity index (χ0n) is 15.6. The van der Waals surface area contributed by atoms with Gasteiger partial charge in [-0.25, -0.2) is 4.98 Å². The predicted octanol–water partition coefficient (Wildman–Crippen LogP) is 3.14. The summed E-state index contributed by atoms with van der Waals surface area (Å²) in [5.41, 5.74) is 3.90. The molecule has 1 fully saturated rings. The Hall–Kier alpha value is -3.09. The predicted molar refractivity (Wildman–Crippen MR) is 99.7 cm³/mol. The van der Waals surface area contributed by atoms with Gasteiger partial charge in [-0.15, -0.1) is 5.10 Å². The largest absolute Gasteiger partial charge is 0.480 e. The molecule has 27 heavy (non-hydrogen) atoms. The van der Waals surface area contributed by atoms with Crippen LogP contribution in [-0.4, -0.2) is 38.9 Å². The number of hydrogen-bond donors (Lipinski definition) is 0. The number of aromatic nitrogens is 5. The first-order chi connectivity index (χ1) is 13.1. The second-order valence-electron chi connectivity index (χ2n) is 6.80. The summed E-state index contributed by atoms with van der Waals surface area (Å²) in [5, 5.41) is 7.87. The Balaban J connectivity index is 1.49. The molecule has 1 aliphatic carbocycles. The lowest BCUT2D eigenvalue weighted by atomic mass is 10.1. The van der Waals surface area contributed by atoms with Crippen molar-refractivity contribution in [1.82, 2.24) is 25.1 Å². The van der Waals surface area contributed by atoms with Crippen LogP contribution in [0.3, 0.4) is 0 Å². The first kappa shape index (κ1) is 17.3. The summed E-state index contributed by atoms with van der Waals surface area (Å²) in [6, 6.07) is 6.01. The Bertz CT molecular complexity index is 945. The number of ether oxygens (including phenoxy) is 2. The molecule has 3 aromatic heterocycles. The summed E-state index contributed by atoms with van der Waals surface area (Å²) in [7, 11) is 1.56. The fourth-order valence-corrected chi connectivity index (χ4v) is 3.03. The topological polar surface area (TPSA) is 82.9 Å². The highest BCUT2D eigenvalue weighted by Crippen LogP contribution is 2.47. The maximum absolute atomic E-state index is 6.08. The van der Waals surface area contributed by atoms with Gasteiger partial charge in [-0.3, -0.25) is 4.98 Å². The van der Waals surface area contributed by atoms with Gasteiger partial charge in [0.05, 0.1) is 25.5 Å². The summed E-state index contributed by atoms with van der Waals surface area (Å²) < 4.78 is 11.2. The monoisotopic (exact) mass is 363 g/mol. The molecule has 0 saturated heterocycles. The summed E-state index contributed by atoms with van der Waals surface area (Å²) in [4.78, 5) is 13.3. The van der Waals surface area contributed by atoms with Crippen LogP contribution in [0, 0.1) is 19.8 Å². The molecular formula is C20H21N5O2. The molecule has 138 valence electrons. The maximum atomic E-state index is 6.08. The van der Waals surface area contributed by atoms with Crippen molar-refractivity contribution in [2.24, 2.45) is 5.92 Å². The van der Waals surface area contributed by atoms with Crippen LogP contribution >= 0.6 is 0 Å². The first-order valence-corrected chi connectivity index (χ1v) is 8.90. The minimum Gasteiger partial charge on any atom is -0.480 e. The first-order valence-electron chi connectivity index (χ1n) is 8.90. The number of aryl methyl sites for hydroxylation is 2. The van der Waals surface area contributed by atoms with E-state index in [0.29, 0.717) is 36.0 Å². The molecule has 2 atom stereocenters. The van der Waals surface area contributed by atoms with Crippen LogP contribution in [0.5, 0.6) is 11.8 Å². The van der Waals surface area contributed by atoms with Gasteiger partial charge in [0.2, 0.25) is 11.8 Å². The Morgan fingerprint density at radius 1 is 1.11 bits per heavy atom. The van der Waals surface area contributed by atoms with Gasteiger partial charge >= 0.3 is 0 Å². The lowest BCUT2D eigenvalue weighted by Gasteiger charge is -2.11. The number of rotatable bonds is 6. The molecule has 4 rings (SSSR count). The summed E-state index contributed by atoms with van der Waals surface area (Å²) in [6.45, 7) is 4.49. The van der Waals surface area contributed by atoms with E-state index in [1.165, 1.54) is 5.56 Å². The van der Waals surface area contributed by atoms with Crippen LogP contribution < -0.4 is 9.47 Å². The van der Waals surface area contributed by atoms with Crippen molar-refractivity contribution in [1.29, 1.82) is 0 Å². The Morgan fingerprint density at radius 2 is 2.00 bits per heavy atom. The fraction of sp³-hybridized carbons (Fsp3) is 0.350. The van der Waals surface area contributed by atoms with E-state index in [0.717, 1.165) is 23.2 Å². The maximum Gasteiger partial charge on any atom is 0.233 e. The van der Waals surface area contributed by atoms with Crippen molar-refractivity contribution in [2.45, 2.75) is 26.2 Å². The normalized spacial score (nSPS) is 18.2. The third-order valence-electron chi connectivity index (χ3n) is 4.70. The van der Waals surface area contributed by atoms with Crippen LogP contribution in [0.2, 0.25) is 0 Å².